The Morgan fingerprint density at radius 2 is 2.00 bits per heavy atom. The lowest BCUT2D eigenvalue weighted by atomic mass is 9.79. The van der Waals surface area contributed by atoms with Gasteiger partial charge in [-0.2, -0.15) is 0 Å². The number of aromatic nitrogens is 2. The number of aryl methyl sites for hydroxylation is 1. The maximum absolute atomic E-state index is 13.3. The predicted octanol–water partition coefficient (Wildman–Crippen LogP) is 4.69. The number of rotatable bonds is 7. The molecule has 29 heavy (non-hydrogen) atoms. The summed E-state index contributed by atoms with van der Waals surface area (Å²) in [5.41, 5.74) is 0.954. The molecule has 1 N–H and O–H groups in total. The van der Waals surface area contributed by atoms with E-state index in [4.69, 9.17) is 4.42 Å². The van der Waals surface area contributed by atoms with E-state index >= 15 is 0 Å². The van der Waals surface area contributed by atoms with Gasteiger partial charge in [0.05, 0.1) is 5.75 Å². The first-order valence-electron chi connectivity index (χ1n) is 9.79. The van der Waals surface area contributed by atoms with Crippen molar-refractivity contribution in [2.75, 3.05) is 6.54 Å². The molecule has 4 rings (SSSR count). The van der Waals surface area contributed by atoms with Gasteiger partial charge in [0.15, 0.2) is 10.9 Å². The summed E-state index contributed by atoms with van der Waals surface area (Å²) in [4.78, 5) is 16.9. The van der Waals surface area contributed by atoms with Crippen molar-refractivity contribution in [3.05, 3.63) is 71.7 Å². The van der Waals surface area contributed by atoms with Crippen molar-refractivity contribution in [3.8, 4) is 0 Å². The fourth-order valence-electron chi connectivity index (χ4n) is 3.96. The Balaban J connectivity index is 1.38. The summed E-state index contributed by atoms with van der Waals surface area (Å²) in [6.45, 7) is 0.523. The van der Waals surface area contributed by atoms with Gasteiger partial charge in [-0.15, -0.1) is 0 Å². The number of furan rings is 1. The van der Waals surface area contributed by atoms with Gasteiger partial charge >= 0.3 is 0 Å². The fourth-order valence-corrected chi connectivity index (χ4v) is 4.79. The molecular weight excluding hydrogens is 389 g/mol. The average Bonchev–Trinajstić information content (AvgIpc) is 3.47. The highest BCUT2D eigenvalue weighted by atomic mass is 32.2. The van der Waals surface area contributed by atoms with E-state index in [1.807, 2.05) is 36.0 Å². The minimum absolute atomic E-state index is 0.132. The number of thioether (sulfide) groups is 1. The Morgan fingerprint density at radius 1 is 1.24 bits per heavy atom. The van der Waals surface area contributed by atoms with E-state index in [2.05, 4.69) is 10.3 Å². The van der Waals surface area contributed by atoms with Crippen molar-refractivity contribution in [2.45, 2.75) is 42.0 Å². The number of halogens is 1. The Labute approximate surface area is 173 Å². The molecule has 0 saturated heterocycles. The number of imidazole rings is 1. The second-order valence-electron chi connectivity index (χ2n) is 7.55. The average molecular weight is 414 g/mol. The lowest BCUT2D eigenvalue weighted by Gasteiger charge is -2.29. The van der Waals surface area contributed by atoms with Gasteiger partial charge < -0.3 is 14.3 Å². The quantitative estimate of drug-likeness (QED) is 0.571. The standard InChI is InChI=1S/C22H24FN3O2S/c1-26-13-12-24-21(26)29-14-18-8-9-19(28-18)20(27)25-15-22(10-2-3-11-22)16-4-6-17(23)7-5-16/h4-9,12-13H,2-3,10-11,14-15H2,1H3,(H,25,27). The third-order valence-corrected chi connectivity index (χ3v) is 6.69. The second-order valence-corrected chi connectivity index (χ2v) is 8.49. The summed E-state index contributed by atoms with van der Waals surface area (Å²) in [6, 6.07) is 10.2. The number of carbonyl (C=O) groups is 1. The van der Waals surface area contributed by atoms with Gasteiger partial charge in [0.25, 0.3) is 5.91 Å². The van der Waals surface area contributed by atoms with Crippen molar-refractivity contribution < 1.29 is 13.6 Å². The number of hydrogen-bond acceptors (Lipinski definition) is 4. The summed E-state index contributed by atoms with van der Waals surface area (Å²) in [5.74, 6) is 1.20. The van der Waals surface area contributed by atoms with Crippen LogP contribution in [0.3, 0.4) is 0 Å². The van der Waals surface area contributed by atoms with E-state index in [9.17, 15) is 9.18 Å². The molecule has 0 aliphatic heterocycles. The number of benzene rings is 1. The summed E-state index contributed by atoms with van der Waals surface area (Å²) in [7, 11) is 1.94. The van der Waals surface area contributed by atoms with Crippen LogP contribution in [0.2, 0.25) is 0 Å². The zero-order valence-electron chi connectivity index (χ0n) is 16.4. The highest BCUT2D eigenvalue weighted by Gasteiger charge is 2.36. The smallest absolute Gasteiger partial charge is 0.287 e. The van der Waals surface area contributed by atoms with Crippen LogP contribution in [0.4, 0.5) is 4.39 Å². The number of carbonyl (C=O) groups excluding carboxylic acids is 1. The molecule has 152 valence electrons. The molecule has 0 radical (unpaired) electrons. The maximum atomic E-state index is 13.3. The van der Waals surface area contributed by atoms with E-state index in [0.29, 0.717) is 18.1 Å². The van der Waals surface area contributed by atoms with Crippen LogP contribution in [0.1, 0.15) is 47.6 Å². The first-order chi connectivity index (χ1) is 14.1. The minimum atomic E-state index is -0.238. The van der Waals surface area contributed by atoms with E-state index in [1.54, 1.807) is 24.0 Å². The summed E-state index contributed by atoms with van der Waals surface area (Å²) < 4.78 is 21.0. The zero-order chi connectivity index (χ0) is 20.3. The van der Waals surface area contributed by atoms with Crippen molar-refractivity contribution in [1.82, 2.24) is 14.9 Å². The van der Waals surface area contributed by atoms with Crippen LogP contribution < -0.4 is 5.32 Å². The van der Waals surface area contributed by atoms with E-state index in [1.165, 1.54) is 12.1 Å². The molecular formula is C22H24FN3O2S. The van der Waals surface area contributed by atoms with Crippen molar-refractivity contribution in [3.63, 3.8) is 0 Å². The van der Waals surface area contributed by atoms with Gasteiger partial charge in [-0.3, -0.25) is 4.79 Å². The Bertz CT molecular complexity index is 974. The molecule has 0 unspecified atom stereocenters. The van der Waals surface area contributed by atoms with Crippen LogP contribution in [-0.2, 0) is 18.2 Å². The molecule has 0 atom stereocenters. The monoisotopic (exact) mass is 413 g/mol. The second kappa shape index (κ2) is 8.45. The molecule has 1 aliphatic carbocycles. The predicted molar refractivity (Wildman–Crippen MR) is 110 cm³/mol. The third-order valence-electron chi connectivity index (χ3n) is 5.61. The highest BCUT2D eigenvalue weighted by Crippen LogP contribution is 2.40. The molecule has 1 amide bonds. The normalized spacial score (nSPS) is 15.5. The molecule has 0 bridgehead atoms. The van der Waals surface area contributed by atoms with Gasteiger partial charge in [-0.1, -0.05) is 36.7 Å². The highest BCUT2D eigenvalue weighted by molar-refractivity contribution is 7.98. The number of nitrogens with one attached hydrogen (secondary N) is 1. The summed E-state index contributed by atoms with van der Waals surface area (Å²) >= 11 is 1.56. The molecule has 2 aromatic heterocycles. The number of hydrogen-bond donors (Lipinski definition) is 1. The molecule has 1 aliphatic rings. The van der Waals surface area contributed by atoms with Gasteiger partial charge in [0.1, 0.15) is 11.6 Å². The third kappa shape index (κ3) is 4.40. The topological polar surface area (TPSA) is 60.1 Å². The van der Waals surface area contributed by atoms with Crippen LogP contribution in [-0.4, -0.2) is 22.0 Å². The fraction of sp³-hybridized carbons (Fsp3) is 0.364. The van der Waals surface area contributed by atoms with Crippen LogP contribution in [0, 0.1) is 5.82 Å². The minimum Gasteiger partial charge on any atom is -0.455 e. The molecule has 1 saturated carbocycles. The number of amides is 1. The molecule has 2 heterocycles. The van der Waals surface area contributed by atoms with Gasteiger partial charge in [0.2, 0.25) is 0 Å². The molecule has 3 aromatic rings. The van der Waals surface area contributed by atoms with Crippen molar-refractivity contribution >= 4 is 17.7 Å². The Kier molecular flexibility index (Phi) is 5.76. The Hall–Kier alpha value is -2.54. The van der Waals surface area contributed by atoms with Crippen LogP contribution in [0.5, 0.6) is 0 Å². The van der Waals surface area contributed by atoms with E-state index in [-0.39, 0.29) is 17.1 Å². The first kappa shape index (κ1) is 19.8. The van der Waals surface area contributed by atoms with E-state index in [0.717, 1.165) is 42.2 Å². The molecule has 0 spiro atoms. The zero-order valence-corrected chi connectivity index (χ0v) is 17.2. The summed E-state index contributed by atoms with van der Waals surface area (Å²) in [6.07, 6.45) is 7.85. The molecule has 1 fully saturated rings. The van der Waals surface area contributed by atoms with Crippen LogP contribution in [0.15, 0.2) is 58.4 Å². The Morgan fingerprint density at radius 3 is 2.69 bits per heavy atom. The molecule has 5 nitrogen and oxygen atoms in total. The van der Waals surface area contributed by atoms with E-state index < -0.39 is 0 Å². The van der Waals surface area contributed by atoms with Crippen molar-refractivity contribution in [2.24, 2.45) is 7.05 Å². The molecule has 1 aromatic carbocycles. The lowest BCUT2D eigenvalue weighted by Crippen LogP contribution is -2.38. The molecule has 7 heteroatoms. The van der Waals surface area contributed by atoms with Crippen LogP contribution in [0.25, 0.3) is 0 Å². The van der Waals surface area contributed by atoms with Crippen LogP contribution >= 0.6 is 11.8 Å². The maximum Gasteiger partial charge on any atom is 0.287 e. The first-order valence-corrected chi connectivity index (χ1v) is 10.8. The largest absolute Gasteiger partial charge is 0.455 e. The van der Waals surface area contributed by atoms with Gasteiger partial charge in [-0.05, 0) is 42.7 Å². The van der Waals surface area contributed by atoms with Gasteiger partial charge in [0, 0.05) is 31.4 Å². The summed E-state index contributed by atoms with van der Waals surface area (Å²) in [5, 5.41) is 3.94. The SMILES string of the molecule is Cn1ccnc1SCc1ccc(C(=O)NCC2(c3ccc(F)cc3)CCCC2)o1. The van der Waals surface area contributed by atoms with Crippen molar-refractivity contribution in [1.29, 1.82) is 0 Å². The lowest BCUT2D eigenvalue weighted by molar-refractivity contribution is 0.0914. The number of nitrogens with zero attached hydrogens (tertiary/aromatic N) is 2. The van der Waals surface area contributed by atoms with Gasteiger partial charge in [-0.25, -0.2) is 9.37 Å².